The third-order valence-corrected chi connectivity index (χ3v) is 3.03. The van der Waals surface area contributed by atoms with Gasteiger partial charge in [-0.1, -0.05) is 6.92 Å². The summed E-state index contributed by atoms with van der Waals surface area (Å²) < 4.78 is 4.58. The van der Waals surface area contributed by atoms with Crippen LogP contribution in [0.1, 0.15) is 26.2 Å². The van der Waals surface area contributed by atoms with Crippen LogP contribution in [-0.4, -0.2) is 31.6 Å². The molecule has 0 saturated heterocycles. The number of hydrogen-bond acceptors (Lipinski definition) is 4. The summed E-state index contributed by atoms with van der Waals surface area (Å²) in [6.07, 6.45) is 2.50. The normalized spacial score (nSPS) is 26.2. The number of amides is 1. The first-order chi connectivity index (χ1) is 7.54. The Labute approximate surface area is 95.7 Å². The van der Waals surface area contributed by atoms with Gasteiger partial charge in [-0.25, -0.2) is 0 Å². The molecule has 3 atom stereocenters. The molecule has 0 spiro atoms. The van der Waals surface area contributed by atoms with Crippen LogP contribution in [-0.2, 0) is 14.3 Å². The fourth-order valence-corrected chi connectivity index (χ4v) is 1.94. The lowest BCUT2D eigenvalue weighted by molar-refractivity contribution is -0.144. The molecule has 5 nitrogen and oxygen atoms in total. The van der Waals surface area contributed by atoms with Gasteiger partial charge in [-0.15, -0.1) is 0 Å². The van der Waals surface area contributed by atoms with E-state index in [0.717, 1.165) is 19.3 Å². The van der Waals surface area contributed by atoms with E-state index in [2.05, 4.69) is 10.1 Å². The van der Waals surface area contributed by atoms with E-state index >= 15 is 0 Å². The Kier molecular flexibility index (Phi) is 4.73. The van der Waals surface area contributed by atoms with Crippen LogP contribution in [0.15, 0.2) is 0 Å². The van der Waals surface area contributed by atoms with Gasteiger partial charge in [0.15, 0.2) is 0 Å². The Hall–Kier alpha value is -1.10. The van der Waals surface area contributed by atoms with Crippen LogP contribution < -0.4 is 11.1 Å². The molecule has 3 N–H and O–H groups in total. The Morgan fingerprint density at radius 3 is 2.69 bits per heavy atom. The van der Waals surface area contributed by atoms with Crippen LogP contribution >= 0.6 is 0 Å². The monoisotopic (exact) mass is 228 g/mol. The van der Waals surface area contributed by atoms with E-state index in [9.17, 15) is 9.59 Å². The predicted molar refractivity (Wildman–Crippen MR) is 59.5 cm³/mol. The van der Waals surface area contributed by atoms with Crippen molar-refractivity contribution in [1.29, 1.82) is 0 Å². The highest BCUT2D eigenvalue weighted by Gasteiger charge is 2.28. The van der Waals surface area contributed by atoms with Crippen molar-refractivity contribution in [2.24, 2.45) is 17.6 Å². The van der Waals surface area contributed by atoms with Gasteiger partial charge in [-0.2, -0.15) is 0 Å². The Morgan fingerprint density at radius 1 is 1.50 bits per heavy atom. The van der Waals surface area contributed by atoms with Crippen LogP contribution in [0.3, 0.4) is 0 Å². The van der Waals surface area contributed by atoms with Gasteiger partial charge in [0.25, 0.3) is 0 Å². The third kappa shape index (κ3) is 3.48. The molecule has 3 unspecified atom stereocenters. The Bertz CT molecular complexity index is 268. The average Bonchev–Trinajstić information content (AvgIpc) is 2.71. The van der Waals surface area contributed by atoms with Gasteiger partial charge in [0.1, 0.15) is 0 Å². The molecule has 1 saturated carbocycles. The van der Waals surface area contributed by atoms with E-state index in [1.54, 1.807) is 6.92 Å². The van der Waals surface area contributed by atoms with Crippen molar-refractivity contribution in [3.05, 3.63) is 0 Å². The molecule has 1 fully saturated rings. The van der Waals surface area contributed by atoms with E-state index in [1.165, 1.54) is 7.11 Å². The molecule has 0 aromatic rings. The summed E-state index contributed by atoms with van der Waals surface area (Å²) in [4.78, 5) is 22.8. The lowest BCUT2D eigenvalue weighted by atomic mass is 10.1. The molecule has 5 heteroatoms. The lowest BCUT2D eigenvalue weighted by Gasteiger charge is -2.13. The highest BCUT2D eigenvalue weighted by molar-refractivity contribution is 5.80. The maximum atomic E-state index is 11.7. The fourth-order valence-electron chi connectivity index (χ4n) is 1.94. The molecule has 0 aliphatic heterocycles. The van der Waals surface area contributed by atoms with Crippen molar-refractivity contribution in [2.45, 2.75) is 32.2 Å². The van der Waals surface area contributed by atoms with Gasteiger partial charge >= 0.3 is 5.97 Å². The number of rotatable bonds is 4. The minimum absolute atomic E-state index is 0.00343. The van der Waals surface area contributed by atoms with Gasteiger partial charge in [0.2, 0.25) is 5.91 Å². The largest absolute Gasteiger partial charge is 0.469 e. The molecule has 0 aromatic carbocycles. The molecule has 1 aliphatic rings. The van der Waals surface area contributed by atoms with Crippen LogP contribution in [0.5, 0.6) is 0 Å². The van der Waals surface area contributed by atoms with Crippen LogP contribution in [0.4, 0.5) is 0 Å². The highest BCUT2D eigenvalue weighted by Crippen LogP contribution is 2.23. The summed E-state index contributed by atoms with van der Waals surface area (Å²) >= 11 is 0. The number of ether oxygens (including phenoxy) is 1. The van der Waals surface area contributed by atoms with Crippen molar-refractivity contribution in [3.8, 4) is 0 Å². The zero-order valence-corrected chi connectivity index (χ0v) is 9.86. The number of esters is 1. The molecule has 1 rings (SSSR count). The number of carbonyl (C=O) groups excluding carboxylic acids is 2. The minimum atomic E-state index is -0.302. The van der Waals surface area contributed by atoms with E-state index in [4.69, 9.17) is 5.73 Å². The quantitative estimate of drug-likeness (QED) is 0.666. The Morgan fingerprint density at radius 2 is 2.19 bits per heavy atom. The number of methoxy groups -OCH3 is 1. The van der Waals surface area contributed by atoms with E-state index < -0.39 is 0 Å². The second kappa shape index (κ2) is 5.84. The molecular weight excluding hydrogens is 208 g/mol. The fraction of sp³-hybridized carbons (Fsp3) is 0.818. The highest BCUT2D eigenvalue weighted by atomic mass is 16.5. The second-order valence-corrected chi connectivity index (χ2v) is 4.44. The molecule has 0 radical (unpaired) electrons. The molecule has 0 heterocycles. The SMILES string of the molecule is COC(=O)C(C)CNC(=O)C1CCC(N)C1. The first-order valence-corrected chi connectivity index (χ1v) is 5.65. The standard InChI is InChI=1S/C11H20N2O3/c1-7(11(15)16-2)6-13-10(14)8-3-4-9(12)5-8/h7-9H,3-6,12H2,1-2H3,(H,13,14). The molecule has 0 aromatic heterocycles. The third-order valence-electron chi connectivity index (χ3n) is 3.03. The number of nitrogens with two attached hydrogens (primary N) is 1. The van der Waals surface area contributed by atoms with E-state index in [0.29, 0.717) is 6.54 Å². The smallest absolute Gasteiger partial charge is 0.310 e. The van der Waals surface area contributed by atoms with Crippen LogP contribution in [0, 0.1) is 11.8 Å². The molecule has 16 heavy (non-hydrogen) atoms. The van der Waals surface area contributed by atoms with Crippen molar-refractivity contribution in [1.82, 2.24) is 5.32 Å². The van der Waals surface area contributed by atoms with Gasteiger partial charge < -0.3 is 15.8 Å². The maximum Gasteiger partial charge on any atom is 0.310 e. The average molecular weight is 228 g/mol. The van der Waals surface area contributed by atoms with Crippen LogP contribution in [0.25, 0.3) is 0 Å². The number of hydrogen-bond donors (Lipinski definition) is 2. The maximum absolute atomic E-state index is 11.7. The molecule has 1 amide bonds. The summed E-state index contributed by atoms with van der Waals surface area (Å²) in [6, 6.07) is 0.147. The van der Waals surface area contributed by atoms with Gasteiger partial charge in [-0.05, 0) is 19.3 Å². The van der Waals surface area contributed by atoms with E-state index in [1.807, 2.05) is 0 Å². The second-order valence-electron chi connectivity index (χ2n) is 4.44. The minimum Gasteiger partial charge on any atom is -0.469 e. The first kappa shape index (κ1) is 13.0. The van der Waals surface area contributed by atoms with Crippen molar-refractivity contribution in [2.75, 3.05) is 13.7 Å². The Balaban J connectivity index is 2.27. The molecule has 92 valence electrons. The van der Waals surface area contributed by atoms with E-state index in [-0.39, 0.29) is 29.8 Å². The topological polar surface area (TPSA) is 81.4 Å². The van der Waals surface area contributed by atoms with Gasteiger partial charge in [-0.3, -0.25) is 9.59 Å². The van der Waals surface area contributed by atoms with Gasteiger partial charge in [0, 0.05) is 18.5 Å². The summed E-state index contributed by atoms with van der Waals surface area (Å²) in [5.74, 6) is -0.587. The lowest BCUT2D eigenvalue weighted by Crippen LogP contribution is -2.35. The zero-order valence-electron chi connectivity index (χ0n) is 9.86. The summed E-state index contributed by atoms with van der Waals surface area (Å²) in [5, 5.41) is 2.76. The summed E-state index contributed by atoms with van der Waals surface area (Å²) in [7, 11) is 1.34. The molecule has 1 aliphatic carbocycles. The number of nitrogens with one attached hydrogen (secondary N) is 1. The van der Waals surface area contributed by atoms with Gasteiger partial charge in [0.05, 0.1) is 13.0 Å². The summed E-state index contributed by atoms with van der Waals surface area (Å²) in [5.41, 5.74) is 5.73. The van der Waals surface area contributed by atoms with Crippen LogP contribution in [0.2, 0.25) is 0 Å². The first-order valence-electron chi connectivity index (χ1n) is 5.65. The predicted octanol–water partition coefficient (Wildman–Crippen LogP) is 0.0391. The zero-order chi connectivity index (χ0) is 12.1. The molecule has 0 bridgehead atoms. The number of carbonyl (C=O) groups is 2. The molecular formula is C11H20N2O3. The summed E-state index contributed by atoms with van der Waals surface area (Å²) in [6.45, 7) is 2.06. The van der Waals surface area contributed by atoms with Crippen molar-refractivity contribution < 1.29 is 14.3 Å². The van der Waals surface area contributed by atoms with Crippen molar-refractivity contribution in [3.63, 3.8) is 0 Å². The van der Waals surface area contributed by atoms with Crippen molar-refractivity contribution >= 4 is 11.9 Å².